The minimum atomic E-state index is -3.39. The lowest BCUT2D eigenvalue weighted by Crippen LogP contribution is -3.04. The SMILES string of the molecule is CC(C)(C)OC(=O)N1CCS(=O)(=O)C(C2=C3C=NC=C[NH+]3C=N2)C1.[Cl-]. The van der Waals surface area contributed by atoms with Crippen LogP contribution in [0.25, 0.3) is 0 Å². The van der Waals surface area contributed by atoms with E-state index >= 15 is 0 Å². The Kier molecular flexibility index (Phi) is 5.41. The summed E-state index contributed by atoms with van der Waals surface area (Å²) in [5, 5.41) is -0.861. The molecule has 138 valence electrons. The van der Waals surface area contributed by atoms with Crippen LogP contribution in [0, 0.1) is 0 Å². The number of aliphatic imine (C=N–C) groups is 2. The molecule has 1 saturated heterocycles. The van der Waals surface area contributed by atoms with E-state index in [9.17, 15) is 13.2 Å². The molecule has 2 atom stereocenters. The number of ether oxygens (including phenoxy) is 1. The van der Waals surface area contributed by atoms with E-state index < -0.39 is 26.8 Å². The molecule has 3 aliphatic rings. The van der Waals surface area contributed by atoms with Crippen molar-refractivity contribution in [2.75, 3.05) is 18.8 Å². The molecule has 1 N–H and O–H groups in total. The summed E-state index contributed by atoms with van der Waals surface area (Å²) in [4.78, 5) is 22.9. The van der Waals surface area contributed by atoms with Crippen molar-refractivity contribution in [2.24, 2.45) is 9.98 Å². The Bertz CT molecular complexity index is 780. The van der Waals surface area contributed by atoms with E-state index in [1.807, 2.05) is 0 Å². The summed E-state index contributed by atoms with van der Waals surface area (Å²) < 4.78 is 30.4. The number of allylic oxidation sites excluding steroid dienone is 1. The molecule has 3 heterocycles. The van der Waals surface area contributed by atoms with E-state index in [0.29, 0.717) is 11.4 Å². The summed E-state index contributed by atoms with van der Waals surface area (Å²) >= 11 is 0. The minimum Gasteiger partial charge on any atom is -1.00 e. The number of nitrogens with one attached hydrogen (secondary N) is 1. The lowest BCUT2D eigenvalue weighted by molar-refractivity contribution is -0.682. The molecule has 0 radical (unpaired) electrons. The second kappa shape index (κ2) is 6.89. The van der Waals surface area contributed by atoms with Crippen LogP contribution in [0.4, 0.5) is 4.79 Å². The van der Waals surface area contributed by atoms with Gasteiger partial charge in [0.05, 0.1) is 18.2 Å². The topological polar surface area (TPSA) is 92.8 Å². The molecule has 0 aliphatic carbocycles. The van der Waals surface area contributed by atoms with Gasteiger partial charge < -0.3 is 22.0 Å². The van der Waals surface area contributed by atoms with E-state index in [-0.39, 0.29) is 31.2 Å². The van der Waals surface area contributed by atoms with Gasteiger partial charge in [-0.25, -0.2) is 18.1 Å². The van der Waals surface area contributed by atoms with E-state index in [0.717, 1.165) is 4.90 Å². The molecule has 8 nitrogen and oxygen atoms in total. The number of halogens is 1. The Morgan fingerprint density at radius 1 is 1.40 bits per heavy atom. The lowest BCUT2D eigenvalue weighted by Gasteiger charge is -2.33. The predicted molar refractivity (Wildman–Crippen MR) is 89.5 cm³/mol. The van der Waals surface area contributed by atoms with Crippen molar-refractivity contribution in [1.82, 2.24) is 4.90 Å². The Hall–Kier alpha value is -1.71. The molecule has 3 aliphatic heterocycles. The zero-order valence-electron chi connectivity index (χ0n) is 14.3. The van der Waals surface area contributed by atoms with Gasteiger partial charge in [0.2, 0.25) is 0 Å². The molecule has 0 spiro atoms. The number of sulfone groups is 1. The van der Waals surface area contributed by atoms with Gasteiger partial charge in [0.15, 0.2) is 21.9 Å². The molecule has 25 heavy (non-hydrogen) atoms. The van der Waals surface area contributed by atoms with Gasteiger partial charge in [0.25, 0.3) is 0 Å². The summed E-state index contributed by atoms with van der Waals surface area (Å²) in [6.07, 6.45) is 6.16. The standard InChI is InChI=1S/C15H20N4O4S.ClH/c1-15(2,3)23-14(20)18-6-7-24(21,22)12(9-18)13-11-8-16-4-5-19(11)10-17-13;/h4-5,8,10,12H,6-7,9H2,1-3H3;1H. The fraction of sp³-hybridized carbons (Fsp3) is 0.533. The van der Waals surface area contributed by atoms with Crippen molar-refractivity contribution in [1.29, 1.82) is 0 Å². The van der Waals surface area contributed by atoms with Gasteiger partial charge in [-0.05, 0) is 20.8 Å². The molecule has 0 saturated carbocycles. The van der Waals surface area contributed by atoms with Crippen molar-refractivity contribution < 1.29 is 35.3 Å². The van der Waals surface area contributed by atoms with Crippen LogP contribution in [-0.4, -0.2) is 61.7 Å². The smallest absolute Gasteiger partial charge is 0.410 e. The number of nitrogens with zero attached hydrogens (tertiary/aromatic N) is 3. The van der Waals surface area contributed by atoms with Crippen LogP contribution in [0.15, 0.2) is 33.8 Å². The van der Waals surface area contributed by atoms with Crippen molar-refractivity contribution in [3.8, 4) is 0 Å². The molecular formula is C15H21ClN4O4S. The first-order valence-electron chi connectivity index (χ1n) is 7.72. The molecule has 10 heteroatoms. The minimum absolute atomic E-state index is 0. The molecule has 0 bridgehead atoms. The second-order valence-electron chi connectivity index (χ2n) is 6.89. The number of hydrogen-bond acceptors (Lipinski definition) is 6. The van der Waals surface area contributed by atoms with Crippen LogP contribution < -0.4 is 17.3 Å². The first-order chi connectivity index (χ1) is 11.2. The van der Waals surface area contributed by atoms with Crippen molar-refractivity contribution >= 4 is 28.5 Å². The number of rotatable bonds is 1. The first kappa shape index (κ1) is 19.6. The highest BCUT2D eigenvalue weighted by Gasteiger charge is 2.43. The molecular weight excluding hydrogens is 368 g/mol. The Balaban J connectivity index is 0.00000225. The van der Waals surface area contributed by atoms with Crippen LogP contribution in [-0.2, 0) is 14.6 Å². The lowest BCUT2D eigenvalue weighted by atomic mass is 10.2. The van der Waals surface area contributed by atoms with E-state index in [1.165, 1.54) is 4.90 Å². The zero-order chi connectivity index (χ0) is 17.5. The normalized spacial score (nSPS) is 27.1. The molecule has 0 aromatic carbocycles. The Morgan fingerprint density at radius 3 is 2.80 bits per heavy atom. The van der Waals surface area contributed by atoms with Crippen LogP contribution in [0.3, 0.4) is 0 Å². The molecule has 3 rings (SSSR count). The molecule has 0 aromatic rings. The van der Waals surface area contributed by atoms with Crippen LogP contribution in [0.5, 0.6) is 0 Å². The Labute approximate surface area is 153 Å². The highest BCUT2D eigenvalue weighted by Crippen LogP contribution is 2.24. The van der Waals surface area contributed by atoms with E-state index in [4.69, 9.17) is 4.74 Å². The zero-order valence-corrected chi connectivity index (χ0v) is 15.8. The summed E-state index contributed by atoms with van der Waals surface area (Å²) in [7, 11) is -3.39. The summed E-state index contributed by atoms with van der Waals surface area (Å²) in [5.41, 5.74) is 0.529. The van der Waals surface area contributed by atoms with Gasteiger partial charge in [-0.1, -0.05) is 0 Å². The third-order valence-corrected chi connectivity index (χ3v) is 5.89. The molecule has 0 aromatic heterocycles. The van der Waals surface area contributed by atoms with Gasteiger partial charge in [-0.3, -0.25) is 4.99 Å². The Morgan fingerprint density at radius 2 is 2.12 bits per heavy atom. The van der Waals surface area contributed by atoms with Crippen LogP contribution >= 0.6 is 0 Å². The van der Waals surface area contributed by atoms with Crippen molar-refractivity contribution in [3.05, 3.63) is 23.8 Å². The number of amides is 1. The average molecular weight is 389 g/mol. The summed E-state index contributed by atoms with van der Waals surface area (Å²) in [6, 6.07) is 0. The van der Waals surface area contributed by atoms with Crippen molar-refractivity contribution in [3.63, 3.8) is 0 Å². The maximum Gasteiger partial charge on any atom is 0.410 e. The average Bonchev–Trinajstić information content (AvgIpc) is 2.89. The quantitative estimate of drug-likeness (QED) is 0.510. The summed E-state index contributed by atoms with van der Waals surface area (Å²) in [5.74, 6) is -0.106. The number of quaternary nitrogens is 1. The number of carbonyl (C=O) groups is 1. The first-order valence-corrected chi connectivity index (χ1v) is 9.44. The van der Waals surface area contributed by atoms with E-state index in [2.05, 4.69) is 9.98 Å². The van der Waals surface area contributed by atoms with Gasteiger partial charge >= 0.3 is 6.09 Å². The van der Waals surface area contributed by atoms with E-state index in [1.54, 1.807) is 45.7 Å². The van der Waals surface area contributed by atoms with Crippen molar-refractivity contribution in [2.45, 2.75) is 31.6 Å². The van der Waals surface area contributed by atoms with Crippen LogP contribution in [0.1, 0.15) is 20.8 Å². The fourth-order valence-corrected chi connectivity index (χ4v) is 4.43. The predicted octanol–water partition coefficient (Wildman–Crippen LogP) is -3.28. The maximum atomic E-state index is 12.5. The summed E-state index contributed by atoms with van der Waals surface area (Å²) in [6.45, 7) is 5.51. The highest BCUT2D eigenvalue weighted by molar-refractivity contribution is 7.92. The number of hydrogen-bond donors (Lipinski definition) is 1. The monoisotopic (exact) mass is 388 g/mol. The second-order valence-corrected chi connectivity index (χ2v) is 9.19. The van der Waals surface area contributed by atoms with Gasteiger partial charge in [0.1, 0.15) is 22.7 Å². The largest absolute Gasteiger partial charge is 1.00 e. The van der Waals surface area contributed by atoms with Crippen LogP contribution in [0.2, 0.25) is 0 Å². The third kappa shape index (κ3) is 4.10. The molecule has 2 unspecified atom stereocenters. The molecule has 1 amide bonds. The maximum absolute atomic E-state index is 12.5. The third-order valence-electron chi connectivity index (χ3n) is 3.90. The number of fused-ring (bicyclic) bond motifs is 1. The highest BCUT2D eigenvalue weighted by atomic mass is 35.5. The van der Waals surface area contributed by atoms with Gasteiger partial charge in [0, 0.05) is 13.1 Å². The van der Waals surface area contributed by atoms with Gasteiger partial charge in [-0.15, -0.1) is 0 Å². The molecule has 1 fully saturated rings. The van der Waals surface area contributed by atoms with Gasteiger partial charge in [-0.2, -0.15) is 4.99 Å². The number of carbonyl (C=O) groups excluding carboxylic acids is 1. The fourth-order valence-electron chi connectivity index (χ4n) is 2.73.